The topological polar surface area (TPSA) is 50.4 Å². The molecular weight excluding hydrogens is 344 g/mol. The van der Waals surface area contributed by atoms with Crippen LogP contribution in [-0.4, -0.2) is 13.0 Å². The summed E-state index contributed by atoms with van der Waals surface area (Å²) in [6.07, 6.45) is 4.19. The van der Waals surface area contributed by atoms with Crippen LogP contribution in [0, 0.1) is 0 Å². The molecule has 0 bridgehead atoms. The zero-order valence-electron chi connectivity index (χ0n) is 14.6. The van der Waals surface area contributed by atoms with Gasteiger partial charge in [0.05, 0.1) is 12.7 Å². The number of amides is 1. The second-order valence-electron chi connectivity index (χ2n) is 6.87. The normalized spacial score (nSPS) is 18.7. The summed E-state index contributed by atoms with van der Waals surface area (Å²) in [6.45, 7) is 0. The average Bonchev–Trinajstić information content (AvgIpc) is 3.05. The first-order chi connectivity index (χ1) is 12.8. The summed E-state index contributed by atoms with van der Waals surface area (Å²) in [5, 5.41) is 9.97. The Morgan fingerprint density at radius 2 is 1.92 bits per heavy atom. The lowest BCUT2D eigenvalue weighted by Gasteiger charge is -2.28. The lowest BCUT2D eigenvalue weighted by molar-refractivity contribution is 0.0935. The van der Waals surface area contributed by atoms with Gasteiger partial charge >= 0.3 is 0 Å². The number of anilines is 1. The van der Waals surface area contributed by atoms with Gasteiger partial charge < -0.3 is 15.4 Å². The van der Waals surface area contributed by atoms with Crippen molar-refractivity contribution in [2.45, 2.75) is 31.8 Å². The number of fused-ring (bicyclic) bond motifs is 4. The van der Waals surface area contributed by atoms with Gasteiger partial charge in [0, 0.05) is 10.4 Å². The molecule has 2 heterocycles. The number of carbonyl (C=O) groups is 1. The molecule has 1 aliphatic carbocycles. The van der Waals surface area contributed by atoms with Crippen molar-refractivity contribution in [3.63, 3.8) is 0 Å². The zero-order chi connectivity index (χ0) is 17.7. The van der Waals surface area contributed by atoms with E-state index >= 15 is 0 Å². The molecule has 1 amide bonds. The van der Waals surface area contributed by atoms with Crippen LogP contribution < -0.4 is 15.4 Å². The first kappa shape index (κ1) is 15.7. The molecule has 26 heavy (non-hydrogen) atoms. The van der Waals surface area contributed by atoms with E-state index in [2.05, 4.69) is 28.8 Å². The molecule has 0 saturated heterocycles. The number of methoxy groups -OCH3 is 1. The molecule has 2 N–H and O–H groups in total. The van der Waals surface area contributed by atoms with Crippen LogP contribution in [0.25, 0.3) is 10.8 Å². The van der Waals surface area contributed by atoms with E-state index in [4.69, 9.17) is 4.74 Å². The van der Waals surface area contributed by atoms with Crippen LogP contribution in [0.2, 0.25) is 0 Å². The van der Waals surface area contributed by atoms with E-state index in [9.17, 15) is 4.79 Å². The van der Waals surface area contributed by atoms with Crippen LogP contribution >= 0.6 is 11.3 Å². The lowest BCUT2D eigenvalue weighted by Crippen LogP contribution is -2.38. The Kier molecular flexibility index (Phi) is 3.64. The summed E-state index contributed by atoms with van der Waals surface area (Å²) >= 11 is 1.75. The third-order valence-corrected chi connectivity index (χ3v) is 6.61. The molecule has 0 fully saturated rings. The highest BCUT2D eigenvalue weighted by molar-refractivity contribution is 7.16. The molecule has 1 unspecified atom stereocenters. The molecule has 132 valence electrons. The molecule has 0 saturated carbocycles. The standard InChI is InChI=1S/C21H20N2O2S/c1-25-15-11-10-12-6-2-3-7-13(12)17(15)19-22-20(24)18-14-8-4-5-9-16(14)26-21(18)23-19/h2-3,6-7,10-11,19,23H,4-5,8-9H2,1H3,(H,22,24). The highest BCUT2D eigenvalue weighted by Crippen LogP contribution is 2.43. The van der Waals surface area contributed by atoms with E-state index in [1.165, 1.54) is 23.3 Å². The van der Waals surface area contributed by atoms with Crippen molar-refractivity contribution in [1.29, 1.82) is 0 Å². The minimum absolute atomic E-state index is 0.0261. The number of benzene rings is 2. The number of ether oxygens (including phenoxy) is 1. The summed E-state index contributed by atoms with van der Waals surface area (Å²) < 4.78 is 5.62. The largest absolute Gasteiger partial charge is 0.496 e. The maximum absolute atomic E-state index is 13.0. The molecule has 3 aromatic rings. The van der Waals surface area contributed by atoms with Gasteiger partial charge in [-0.15, -0.1) is 11.3 Å². The van der Waals surface area contributed by atoms with Crippen molar-refractivity contribution >= 4 is 33.0 Å². The first-order valence-electron chi connectivity index (χ1n) is 9.04. The van der Waals surface area contributed by atoms with Crippen LogP contribution in [0.4, 0.5) is 5.00 Å². The second-order valence-corrected chi connectivity index (χ2v) is 7.97. The smallest absolute Gasteiger partial charge is 0.256 e. The summed E-state index contributed by atoms with van der Waals surface area (Å²) in [5.74, 6) is 0.810. The Hall–Kier alpha value is -2.53. The molecule has 2 aromatic carbocycles. The summed E-state index contributed by atoms with van der Waals surface area (Å²) in [6, 6.07) is 12.2. The Labute approximate surface area is 156 Å². The number of nitrogens with one attached hydrogen (secondary N) is 2. The Morgan fingerprint density at radius 3 is 2.81 bits per heavy atom. The average molecular weight is 364 g/mol. The predicted octanol–water partition coefficient (Wildman–Crippen LogP) is 4.64. The fraction of sp³-hybridized carbons (Fsp3) is 0.286. The summed E-state index contributed by atoms with van der Waals surface area (Å²) in [5.41, 5.74) is 3.10. The van der Waals surface area contributed by atoms with E-state index in [-0.39, 0.29) is 12.1 Å². The highest BCUT2D eigenvalue weighted by atomic mass is 32.1. The third-order valence-electron chi connectivity index (χ3n) is 5.39. The number of carbonyl (C=O) groups excluding carboxylic acids is 1. The van der Waals surface area contributed by atoms with Crippen LogP contribution in [0.5, 0.6) is 5.75 Å². The van der Waals surface area contributed by atoms with Gasteiger partial charge in [-0.25, -0.2) is 0 Å². The first-order valence-corrected chi connectivity index (χ1v) is 9.85. The van der Waals surface area contributed by atoms with E-state index < -0.39 is 0 Å². The third kappa shape index (κ3) is 2.31. The van der Waals surface area contributed by atoms with Gasteiger partial charge in [0.1, 0.15) is 16.9 Å². The maximum atomic E-state index is 13.0. The fourth-order valence-corrected chi connectivity index (χ4v) is 5.49. The Bertz CT molecular complexity index is 1020. The van der Waals surface area contributed by atoms with E-state index in [1.54, 1.807) is 18.4 Å². The highest BCUT2D eigenvalue weighted by Gasteiger charge is 2.33. The molecule has 0 spiro atoms. The van der Waals surface area contributed by atoms with Gasteiger partial charge in [0.25, 0.3) is 5.91 Å². The van der Waals surface area contributed by atoms with Gasteiger partial charge in [0.2, 0.25) is 0 Å². The van der Waals surface area contributed by atoms with Crippen LogP contribution in [0.1, 0.15) is 45.4 Å². The quantitative estimate of drug-likeness (QED) is 0.696. The van der Waals surface area contributed by atoms with Crippen LogP contribution in [-0.2, 0) is 12.8 Å². The number of hydrogen-bond acceptors (Lipinski definition) is 4. The fourth-order valence-electron chi connectivity index (χ4n) is 4.17. The van der Waals surface area contributed by atoms with E-state index in [0.29, 0.717) is 0 Å². The lowest BCUT2D eigenvalue weighted by atomic mass is 9.94. The molecule has 0 radical (unpaired) electrons. The molecule has 1 atom stereocenters. The van der Waals surface area contributed by atoms with Gasteiger partial charge in [-0.05, 0) is 48.1 Å². The van der Waals surface area contributed by atoms with Gasteiger partial charge in [-0.1, -0.05) is 30.3 Å². The minimum atomic E-state index is -0.295. The number of thiophene rings is 1. The van der Waals surface area contributed by atoms with Crippen molar-refractivity contribution in [2.24, 2.45) is 0 Å². The second kappa shape index (κ2) is 6.02. The molecular formula is C21H20N2O2S. The SMILES string of the molecule is COc1ccc2ccccc2c1C1NC(=O)c2c(sc3c2CCCC3)N1. The molecule has 4 nitrogen and oxygen atoms in total. The Balaban J connectivity index is 1.64. The van der Waals surface area contributed by atoms with Gasteiger partial charge in [-0.2, -0.15) is 0 Å². The monoisotopic (exact) mass is 364 g/mol. The number of aryl methyl sites for hydroxylation is 1. The van der Waals surface area contributed by atoms with E-state index in [1.807, 2.05) is 18.2 Å². The van der Waals surface area contributed by atoms with Crippen molar-refractivity contribution in [1.82, 2.24) is 5.32 Å². The molecule has 5 heteroatoms. The molecule has 1 aliphatic heterocycles. The van der Waals surface area contributed by atoms with Crippen molar-refractivity contribution in [2.75, 3.05) is 12.4 Å². The molecule has 1 aromatic heterocycles. The van der Waals surface area contributed by atoms with E-state index in [0.717, 1.165) is 45.5 Å². The zero-order valence-corrected chi connectivity index (χ0v) is 15.4. The van der Waals surface area contributed by atoms with Gasteiger partial charge in [0.15, 0.2) is 0 Å². The van der Waals surface area contributed by atoms with Crippen LogP contribution in [0.3, 0.4) is 0 Å². The number of hydrogen-bond donors (Lipinski definition) is 2. The molecule has 2 aliphatic rings. The van der Waals surface area contributed by atoms with Crippen molar-refractivity contribution < 1.29 is 9.53 Å². The maximum Gasteiger partial charge on any atom is 0.256 e. The van der Waals surface area contributed by atoms with Crippen LogP contribution in [0.15, 0.2) is 36.4 Å². The summed E-state index contributed by atoms with van der Waals surface area (Å²) in [7, 11) is 1.67. The van der Waals surface area contributed by atoms with Gasteiger partial charge in [-0.3, -0.25) is 4.79 Å². The summed E-state index contributed by atoms with van der Waals surface area (Å²) in [4.78, 5) is 14.3. The molecule has 5 rings (SSSR count). The predicted molar refractivity (Wildman–Crippen MR) is 105 cm³/mol. The van der Waals surface area contributed by atoms with Crippen molar-refractivity contribution in [3.05, 3.63) is 58.0 Å². The number of rotatable bonds is 2. The minimum Gasteiger partial charge on any atom is -0.496 e. The Morgan fingerprint density at radius 1 is 1.08 bits per heavy atom. The van der Waals surface area contributed by atoms with Crippen molar-refractivity contribution in [3.8, 4) is 5.75 Å².